The molecule has 25 heavy (non-hydrogen) atoms. The van der Waals surface area contributed by atoms with Crippen molar-refractivity contribution in [2.75, 3.05) is 0 Å². The van der Waals surface area contributed by atoms with Crippen LogP contribution in [0.1, 0.15) is 29.8 Å². The lowest BCUT2D eigenvalue weighted by Crippen LogP contribution is -2.05. The zero-order valence-corrected chi connectivity index (χ0v) is 14.3. The molecule has 0 aliphatic carbocycles. The van der Waals surface area contributed by atoms with E-state index in [0.717, 1.165) is 17.0 Å². The summed E-state index contributed by atoms with van der Waals surface area (Å²) in [5.41, 5.74) is 2.48. The summed E-state index contributed by atoms with van der Waals surface area (Å²) >= 11 is 0. The number of hydrogen-bond acceptors (Lipinski definition) is 3. The smallest absolute Gasteiger partial charge is 0.185 e. The van der Waals surface area contributed by atoms with Gasteiger partial charge in [-0.3, -0.25) is 4.79 Å². The summed E-state index contributed by atoms with van der Waals surface area (Å²) in [6.07, 6.45) is 7.06. The highest BCUT2D eigenvalue weighted by molar-refractivity contribution is 6.06. The number of hydrogen-bond donors (Lipinski definition) is 0. The third-order valence-electron chi connectivity index (χ3n) is 3.56. The molecule has 0 bridgehead atoms. The first kappa shape index (κ1) is 16.7. The number of ether oxygens (including phenoxy) is 1. The minimum absolute atomic E-state index is 0.0523. The molecule has 1 heterocycles. The van der Waals surface area contributed by atoms with Crippen molar-refractivity contribution in [2.45, 2.75) is 20.0 Å². The second-order valence-corrected chi connectivity index (χ2v) is 5.94. The van der Waals surface area contributed by atoms with Crippen molar-refractivity contribution in [1.29, 1.82) is 0 Å². The van der Waals surface area contributed by atoms with Crippen LogP contribution in [0.5, 0.6) is 5.75 Å². The highest BCUT2D eigenvalue weighted by atomic mass is 16.5. The maximum Gasteiger partial charge on any atom is 0.185 e. The van der Waals surface area contributed by atoms with Crippen LogP contribution in [0, 0.1) is 0 Å². The summed E-state index contributed by atoms with van der Waals surface area (Å²) in [5.74, 6) is 0.711. The van der Waals surface area contributed by atoms with Gasteiger partial charge in [-0.15, -0.1) is 0 Å². The van der Waals surface area contributed by atoms with Gasteiger partial charge in [0.05, 0.1) is 18.0 Å². The Morgan fingerprint density at radius 2 is 1.80 bits per heavy atom. The number of para-hydroxylation sites is 1. The number of benzene rings is 2. The summed E-state index contributed by atoms with van der Waals surface area (Å²) in [6, 6.07) is 17.0. The van der Waals surface area contributed by atoms with Crippen molar-refractivity contribution in [3.63, 3.8) is 0 Å². The SMILES string of the molecule is CC(C)Oc1ccc(C(=O)/C=C/c2cnn(-c3ccccc3)c2)cc1. The molecule has 3 aromatic rings. The Hall–Kier alpha value is -3.14. The maximum atomic E-state index is 12.3. The van der Waals surface area contributed by atoms with Gasteiger partial charge in [0.25, 0.3) is 0 Å². The van der Waals surface area contributed by atoms with Crippen LogP contribution in [-0.4, -0.2) is 21.7 Å². The van der Waals surface area contributed by atoms with E-state index in [1.807, 2.05) is 62.5 Å². The molecule has 4 heteroatoms. The van der Waals surface area contributed by atoms with Crippen LogP contribution in [-0.2, 0) is 0 Å². The Morgan fingerprint density at radius 3 is 2.48 bits per heavy atom. The fourth-order valence-corrected chi connectivity index (χ4v) is 2.38. The number of rotatable bonds is 6. The van der Waals surface area contributed by atoms with Crippen molar-refractivity contribution in [3.8, 4) is 11.4 Å². The molecule has 0 atom stereocenters. The van der Waals surface area contributed by atoms with Gasteiger partial charge in [-0.1, -0.05) is 18.2 Å². The Balaban J connectivity index is 1.67. The van der Waals surface area contributed by atoms with Crippen LogP contribution in [0.15, 0.2) is 73.1 Å². The first-order valence-electron chi connectivity index (χ1n) is 8.21. The van der Waals surface area contributed by atoms with Crippen LogP contribution >= 0.6 is 0 Å². The lowest BCUT2D eigenvalue weighted by Gasteiger charge is -2.09. The van der Waals surface area contributed by atoms with Gasteiger partial charge in [-0.05, 0) is 62.4 Å². The quantitative estimate of drug-likeness (QED) is 0.491. The summed E-state index contributed by atoms with van der Waals surface area (Å²) in [7, 11) is 0. The van der Waals surface area contributed by atoms with Gasteiger partial charge in [-0.2, -0.15) is 5.10 Å². The normalized spacial score (nSPS) is 11.2. The van der Waals surface area contributed by atoms with Crippen LogP contribution in [0.4, 0.5) is 0 Å². The van der Waals surface area contributed by atoms with E-state index in [0.29, 0.717) is 5.56 Å². The van der Waals surface area contributed by atoms with E-state index < -0.39 is 0 Å². The molecule has 2 aromatic carbocycles. The molecule has 0 fully saturated rings. The molecule has 0 radical (unpaired) electrons. The van der Waals surface area contributed by atoms with Gasteiger partial charge in [-0.25, -0.2) is 4.68 Å². The van der Waals surface area contributed by atoms with E-state index in [-0.39, 0.29) is 11.9 Å². The summed E-state index contributed by atoms with van der Waals surface area (Å²) in [6.45, 7) is 3.94. The van der Waals surface area contributed by atoms with Gasteiger partial charge < -0.3 is 4.74 Å². The fourth-order valence-electron chi connectivity index (χ4n) is 2.38. The number of aromatic nitrogens is 2. The second-order valence-electron chi connectivity index (χ2n) is 5.94. The standard InChI is InChI=1S/C21H20N2O2/c1-16(2)25-20-11-9-18(10-12-20)21(24)13-8-17-14-22-23(15-17)19-6-4-3-5-7-19/h3-16H,1-2H3/b13-8+. The molecule has 4 nitrogen and oxygen atoms in total. The lowest BCUT2D eigenvalue weighted by atomic mass is 10.1. The molecule has 0 aliphatic heterocycles. The minimum Gasteiger partial charge on any atom is -0.491 e. The van der Waals surface area contributed by atoms with E-state index in [4.69, 9.17) is 4.74 Å². The Kier molecular flexibility index (Phi) is 5.09. The molecule has 0 unspecified atom stereocenters. The summed E-state index contributed by atoms with van der Waals surface area (Å²) < 4.78 is 7.36. The average Bonchev–Trinajstić information content (AvgIpc) is 3.10. The number of carbonyl (C=O) groups is 1. The first-order chi connectivity index (χ1) is 12.1. The predicted molar refractivity (Wildman–Crippen MR) is 99.1 cm³/mol. The van der Waals surface area contributed by atoms with Crippen molar-refractivity contribution < 1.29 is 9.53 Å². The highest BCUT2D eigenvalue weighted by Gasteiger charge is 2.04. The summed E-state index contributed by atoms with van der Waals surface area (Å²) in [5, 5.41) is 4.31. The average molecular weight is 332 g/mol. The summed E-state index contributed by atoms with van der Waals surface area (Å²) in [4.78, 5) is 12.3. The molecule has 0 amide bonds. The van der Waals surface area contributed by atoms with E-state index in [1.54, 1.807) is 35.2 Å². The lowest BCUT2D eigenvalue weighted by molar-refractivity contribution is 0.104. The molecule has 0 spiro atoms. The molecule has 0 aliphatic rings. The molecule has 0 saturated carbocycles. The van der Waals surface area contributed by atoms with Gasteiger partial charge >= 0.3 is 0 Å². The Labute approximate surface area is 147 Å². The third-order valence-corrected chi connectivity index (χ3v) is 3.56. The number of allylic oxidation sites excluding steroid dienone is 1. The van der Waals surface area contributed by atoms with Crippen molar-refractivity contribution in [1.82, 2.24) is 9.78 Å². The van der Waals surface area contributed by atoms with E-state index in [1.165, 1.54) is 0 Å². The highest BCUT2D eigenvalue weighted by Crippen LogP contribution is 2.15. The van der Waals surface area contributed by atoms with Gasteiger partial charge in [0.15, 0.2) is 5.78 Å². The number of nitrogens with zero attached hydrogens (tertiary/aromatic N) is 2. The van der Waals surface area contributed by atoms with E-state index >= 15 is 0 Å². The maximum absolute atomic E-state index is 12.3. The Morgan fingerprint density at radius 1 is 1.08 bits per heavy atom. The first-order valence-corrected chi connectivity index (χ1v) is 8.21. The van der Waals surface area contributed by atoms with Crippen molar-refractivity contribution in [2.24, 2.45) is 0 Å². The predicted octanol–water partition coefficient (Wildman–Crippen LogP) is 4.56. The number of carbonyl (C=O) groups excluding carboxylic acids is 1. The third kappa shape index (κ3) is 4.44. The zero-order chi connectivity index (χ0) is 17.6. The van der Waals surface area contributed by atoms with Crippen LogP contribution in [0.2, 0.25) is 0 Å². The molecular formula is C21H20N2O2. The molecule has 3 rings (SSSR count). The minimum atomic E-state index is -0.0523. The molecule has 126 valence electrons. The fraction of sp³-hybridized carbons (Fsp3) is 0.143. The van der Waals surface area contributed by atoms with E-state index in [2.05, 4.69) is 5.10 Å². The molecule has 1 aromatic heterocycles. The molecule has 0 N–H and O–H groups in total. The van der Waals surface area contributed by atoms with Crippen LogP contribution in [0.3, 0.4) is 0 Å². The van der Waals surface area contributed by atoms with Crippen LogP contribution < -0.4 is 4.74 Å². The number of ketones is 1. The molecular weight excluding hydrogens is 312 g/mol. The topological polar surface area (TPSA) is 44.1 Å². The van der Waals surface area contributed by atoms with Crippen molar-refractivity contribution >= 4 is 11.9 Å². The van der Waals surface area contributed by atoms with Gasteiger partial charge in [0, 0.05) is 17.3 Å². The van der Waals surface area contributed by atoms with Crippen LogP contribution in [0.25, 0.3) is 11.8 Å². The van der Waals surface area contributed by atoms with Gasteiger partial charge in [0.2, 0.25) is 0 Å². The zero-order valence-electron chi connectivity index (χ0n) is 14.3. The van der Waals surface area contributed by atoms with Gasteiger partial charge in [0.1, 0.15) is 5.75 Å². The largest absolute Gasteiger partial charge is 0.491 e. The second kappa shape index (κ2) is 7.62. The Bertz CT molecular complexity index is 862. The van der Waals surface area contributed by atoms with E-state index in [9.17, 15) is 4.79 Å². The molecule has 0 saturated heterocycles. The monoisotopic (exact) mass is 332 g/mol. The van der Waals surface area contributed by atoms with Crippen molar-refractivity contribution in [3.05, 3.63) is 84.2 Å².